The fourth-order valence-corrected chi connectivity index (χ4v) is 2.80. The summed E-state index contributed by atoms with van der Waals surface area (Å²) in [6, 6.07) is 2.21. The molecule has 10 heteroatoms. The molecule has 1 aliphatic heterocycles. The summed E-state index contributed by atoms with van der Waals surface area (Å²) in [6.45, 7) is 1.25. The fourth-order valence-electron chi connectivity index (χ4n) is 2.80. The smallest absolute Gasteiger partial charge is 0.417 e. The molecule has 4 rings (SSSR count). The Bertz CT molecular complexity index is 879. The molecule has 4 heterocycles. The minimum absolute atomic E-state index is 0.175. The van der Waals surface area contributed by atoms with Gasteiger partial charge < -0.3 is 14.6 Å². The number of pyridine rings is 1. The van der Waals surface area contributed by atoms with Crippen molar-refractivity contribution in [3.8, 4) is 5.88 Å². The van der Waals surface area contributed by atoms with Crippen LogP contribution >= 0.6 is 0 Å². The maximum atomic E-state index is 12.6. The highest BCUT2D eigenvalue weighted by molar-refractivity contribution is 5.82. The van der Waals surface area contributed by atoms with Crippen molar-refractivity contribution in [3.63, 3.8) is 0 Å². The molecule has 1 saturated heterocycles. The molecule has 130 valence electrons. The van der Waals surface area contributed by atoms with Crippen molar-refractivity contribution >= 4 is 17.0 Å². The van der Waals surface area contributed by atoms with Crippen LogP contribution in [0, 0.1) is 0 Å². The zero-order chi connectivity index (χ0) is 17.4. The van der Waals surface area contributed by atoms with E-state index in [1.54, 1.807) is 6.33 Å². The van der Waals surface area contributed by atoms with Gasteiger partial charge in [0.1, 0.15) is 17.9 Å². The van der Waals surface area contributed by atoms with E-state index in [-0.39, 0.29) is 12.0 Å². The molecule has 3 aromatic heterocycles. The van der Waals surface area contributed by atoms with Crippen molar-refractivity contribution < 1.29 is 17.9 Å². The van der Waals surface area contributed by atoms with E-state index in [1.807, 2.05) is 4.90 Å². The first-order valence-corrected chi connectivity index (χ1v) is 7.59. The van der Waals surface area contributed by atoms with Crippen LogP contribution in [0.25, 0.3) is 11.2 Å². The second-order valence-electron chi connectivity index (χ2n) is 5.66. The molecule has 3 aromatic rings. The number of rotatable bonds is 3. The molecular formula is C15H13F3N6O. The van der Waals surface area contributed by atoms with Gasteiger partial charge in [-0.05, 0) is 6.07 Å². The number of imidazole rings is 1. The first-order chi connectivity index (χ1) is 12.0. The molecule has 0 bridgehead atoms. The van der Waals surface area contributed by atoms with Gasteiger partial charge in [-0.1, -0.05) is 0 Å². The Morgan fingerprint density at radius 2 is 2.04 bits per heavy atom. The Labute approximate surface area is 139 Å². The fraction of sp³-hybridized carbons (Fsp3) is 0.333. The molecule has 0 spiro atoms. The summed E-state index contributed by atoms with van der Waals surface area (Å²) in [6.07, 6.45) is -0.0956. The zero-order valence-electron chi connectivity index (χ0n) is 12.9. The van der Waals surface area contributed by atoms with Gasteiger partial charge in [0.25, 0.3) is 0 Å². The first kappa shape index (κ1) is 15.6. The van der Waals surface area contributed by atoms with Crippen molar-refractivity contribution in [1.82, 2.24) is 24.9 Å². The molecule has 1 unspecified atom stereocenters. The van der Waals surface area contributed by atoms with Crippen LogP contribution in [0.5, 0.6) is 5.88 Å². The highest BCUT2D eigenvalue weighted by Crippen LogP contribution is 2.30. The number of aromatic amines is 1. The van der Waals surface area contributed by atoms with E-state index in [0.717, 1.165) is 23.6 Å². The van der Waals surface area contributed by atoms with E-state index in [2.05, 4.69) is 24.9 Å². The van der Waals surface area contributed by atoms with Gasteiger partial charge in [0.05, 0.1) is 18.4 Å². The van der Waals surface area contributed by atoms with Gasteiger partial charge in [-0.2, -0.15) is 13.2 Å². The lowest BCUT2D eigenvalue weighted by molar-refractivity contribution is -0.137. The predicted octanol–water partition coefficient (Wildman–Crippen LogP) is 2.42. The van der Waals surface area contributed by atoms with E-state index >= 15 is 0 Å². The molecule has 0 radical (unpaired) electrons. The van der Waals surface area contributed by atoms with Crippen molar-refractivity contribution in [2.45, 2.75) is 18.7 Å². The van der Waals surface area contributed by atoms with Gasteiger partial charge in [0.15, 0.2) is 11.5 Å². The monoisotopic (exact) mass is 350 g/mol. The topological polar surface area (TPSA) is 79.8 Å². The van der Waals surface area contributed by atoms with Crippen molar-refractivity contribution in [1.29, 1.82) is 0 Å². The van der Waals surface area contributed by atoms with Gasteiger partial charge >= 0.3 is 6.18 Å². The Kier molecular flexibility index (Phi) is 3.66. The number of anilines is 1. The predicted molar refractivity (Wildman–Crippen MR) is 82.2 cm³/mol. The van der Waals surface area contributed by atoms with Crippen molar-refractivity contribution in [2.24, 2.45) is 0 Å². The SMILES string of the molecule is FC(F)(F)c1ccc(OC2CCN(c3ncnc4nc[nH]c34)C2)nc1. The molecule has 25 heavy (non-hydrogen) atoms. The average molecular weight is 350 g/mol. The highest BCUT2D eigenvalue weighted by atomic mass is 19.4. The van der Waals surface area contributed by atoms with Crippen LogP contribution in [0.4, 0.5) is 19.0 Å². The summed E-state index contributed by atoms with van der Waals surface area (Å²) in [4.78, 5) is 21.2. The van der Waals surface area contributed by atoms with Crippen LogP contribution in [0.1, 0.15) is 12.0 Å². The molecule has 1 aliphatic rings. The second kappa shape index (κ2) is 5.87. The summed E-state index contributed by atoms with van der Waals surface area (Å²) < 4.78 is 43.4. The van der Waals surface area contributed by atoms with E-state index in [1.165, 1.54) is 12.4 Å². The maximum absolute atomic E-state index is 12.6. The number of ether oxygens (including phenoxy) is 1. The second-order valence-corrected chi connectivity index (χ2v) is 5.66. The van der Waals surface area contributed by atoms with Gasteiger partial charge in [-0.15, -0.1) is 0 Å². The molecule has 7 nitrogen and oxygen atoms in total. The lowest BCUT2D eigenvalue weighted by Crippen LogP contribution is -2.25. The van der Waals surface area contributed by atoms with Crippen LogP contribution in [0.2, 0.25) is 0 Å². The molecule has 1 atom stereocenters. The average Bonchev–Trinajstić information content (AvgIpc) is 3.23. The van der Waals surface area contributed by atoms with E-state index in [9.17, 15) is 13.2 Å². The minimum atomic E-state index is -4.40. The first-order valence-electron chi connectivity index (χ1n) is 7.59. The number of alkyl halides is 3. The van der Waals surface area contributed by atoms with Crippen molar-refractivity contribution in [2.75, 3.05) is 18.0 Å². The standard InChI is InChI=1S/C15H13F3N6O/c16-15(17,18)9-1-2-11(19-5-9)25-10-3-4-24(6-10)14-12-13(21-7-20-12)22-8-23-14/h1-2,5,7-8,10H,3-4,6H2,(H,20,21,22,23). The minimum Gasteiger partial charge on any atom is -0.472 e. The Morgan fingerprint density at radius 1 is 1.16 bits per heavy atom. The molecule has 0 aromatic carbocycles. The van der Waals surface area contributed by atoms with Crippen LogP contribution in [0.3, 0.4) is 0 Å². The highest BCUT2D eigenvalue weighted by Gasteiger charge is 2.31. The lowest BCUT2D eigenvalue weighted by Gasteiger charge is -2.18. The molecule has 0 saturated carbocycles. The van der Waals surface area contributed by atoms with E-state index in [0.29, 0.717) is 25.2 Å². The number of H-pyrrole nitrogens is 1. The molecule has 0 amide bonds. The molecule has 1 fully saturated rings. The van der Waals surface area contributed by atoms with Crippen molar-refractivity contribution in [3.05, 3.63) is 36.5 Å². The summed E-state index contributed by atoms with van der Waals surface area (Å²) in [5.74, 6) is 0.906. The summed E-state index contributed by atoms with van der Waals surface area (Å²) in [5.41, 5.74) is 0.533. The number of nitrogens with zero attached hydrogens (tertiary/aromatic N) is 5. The summed E-state index contributed by atoms with van der Waals surface area (Å²) >= 11 is 0. The number of aromatic nitrogens is 5. The van der Waals surface area contributed by atoms with Crippen LogP contribution in [0.15, 0.2) is 31.0 Å². The quantitative estimate of drug-likeness (QED) is 0.781. The Balaban J connectivity index is 1.45. The number of hydrogen-bond donors (Lipinski definition) is 1. The third-order valence-corrected chi connectivity index (χ3v) is 4.00. The Hall–Kier alpha value is -2.91. The van der Waals surface area contributed by atoms with Crippen LogP contribution in [-0.2, 0) is 6.18 Å². The normalized spacial score (nSPS) is 18.0. The van der Waals surface area contributed by atoms with Gasteiger partial charge in [-0.3, -0.25) is 0 Å². The zero-order valence-corrected chi connectivity index (χ0v) is 12.9. The molecular weight excluding hydrogens is 337 g/mol. The third-order valence-electron chi connectivity index (χ3n) is 4.00. The summed E-state index contributed by atoms with van der Waals surface area (Å²) in [7, 11) is 0. The van der Waals surface area contributed by atoms with Gasteiger partial charge in [0, 0.05) is 25.2 Å². The van der Waals surface area contributed by atoms with Crippen LogP contribution in [-0.4, -0.2) is 44.1 Å². The Morgan fingerprint density at radius 3 is 2.80 bits per heavy atom. The molecule has 1 N–H and O–H groups in total. The van der Waals surface area contributed by atoms with E-state index < -0.39 is 11.7 Å². The number of fused-ring (bicyclic) bond motifs is 1. The number of nitrogens with one attached hydrogen (secondary N) is 1. The lowest BCUT2D eigenvalue weighted by atomic mass is 10.3. The number of halogens is 3. The largest absolute Gasteiger partial charge is 0.472 e. The number of hydrogen-bond acceptors (Lipinski definition) is 6. The maximum Gasteiger partial charge on any atom is 0.417 e. The molecule has 0 aliphatic carbocycles. The third kappa shape index (κ3) is 3.06. The van der Waals surface area contributed by atoms with E-state index in [4.69, 9.17) is 4.74 Å². The van der Waals surface area contributed by atoms with Gasteiger partial charge in [-0.25, -0.2) is 19.9 Å². The summed E-state index contributed by atoms with van der Waals surface area (Å²) in [5, 5.41) is 0. The van der Waals surface area contributed by atoms with Gasteiger partial charge in [0.2, 0.25) is 5.88 Å². The van der Waals surface area contributed by atoms with Crippen LogP contribution < -0.4 is 9.64 Å².